The largest absolute Gasteiger partial charge is 0.391 e. The Labute approximate surface area is 177 Å². The summed E-state index contributed by atoms with van der Waals surface area (Å²) in [7, 11) is 0. The van der Waals surface area contributed by atoms with E-state index >= 15 is 0 Å². The molecule has 1 spiro atoms. The molecule has 1 aromatic rings. The highest BCUT2D eigenvalue weighted by Crippen LogP contribution is 2.42. The molecule has 5 heteroatoms. The summed E-state index contributed by atoms with van der Waals surface area (Å²) in [5.41, 5.74) is 1.26. The highest BCUT2D eigenvalue weighted by atomic mass is 35.5. The quantitative estimate of drug-likeness (QED) is 0.733. The number of halogens is 2. The lowest BCUT2D eigenvalue weighted by atomic mass is 9.81. The highest BCUT2D eigenvalue weighted by molar-refractivity contribution is 5.85. The van der Waals surface area contributed by atoms with Gasteiger partial charge in [0.2, 0.25) is 0 Å². The second-order valence-electron chi connectivity index (χ2n) is 8.43. The zero-order valence-corrected chi connectivity index (χ0v) is 18.0. The second kappa shape index (κ2) is 10.3. The minimum atomic E-state index is -0.174. The van der Waals surface area contributed by atoms with Gasteiger partial charge in [0.05, 0.1) is 11.6 Å². The van der Waals surface area contributed by atoms with Gasteiger partial charge < -0.3 is 14.9 Å². The molecular weight excluding hydrogens is 379 g/mol. The molecule has 0 amide bonds. The van der Waals surface area contributed by atoms with Crippen molar-refractivity contribution in [2.24, 2.45) is 0 Å². The van der Waals surface area contributed by atoms with Crippen LogP contribution in [0.5, 0.6) is 0 Å². The average molecular weight is 415 g/mol. The van der Waals surface area contributed by atoms with Crippen LogP contribution in [0.3, 0.4) is 0 Å². The maximum Gasteiger partial charge on any atom is 0.0789 e. The van der Waals surface area contributed by atoms with Crippen molar-refractivity contribution in [1.82, 2.24) is 4.90 Å². The third-order valence-corrected chi connectivity index (χ3v) is 7.11. The molecule has 3 aliphatic rings. The lowest BCUT2D eigenvalue weighted by molar-refractivity contribution is 0.0366. The van der Waals surface area contributed by atoms with Crippen LogP contribution in [0.2, 0.25) is 0 Å². The van der Waals surface area contributed by atoms with E-state index in [9.17, 15) is 5.11 Å². The summed E-state index contributed by atoms with van der Waals surface area (Å²) in [6.45, 7) is 3.31. The molecule has 1 atom stereocenters. The minimum absolute atomic E-state index is 0. The molecule has 2 aliphatic heterocycles. The number of piperidine rings is 1. The summed E-state index contributed by atoms with van der Waals surface area (Å²) >= 11 is 0. The molecule has 2 heterocycles. The topological polar surface area (TPSA) is 26.7 Å². The summed E-state index contributed by atoms with van der Waals surface area (Å²) in [5, 5.41) is 10.9. The average Bonchev–Trinajstić information content (AvgIpc) is 2.93. The first-order valence-corrected chi connectivity index (χ1v) is 10.5. The molecule has 154 valence electrons. The molecule has 1 aliphatic carbocycles. The minimum Gasteiger partial charge on any atom is -0.391 e. The fraction of sp³-hybridized carbons (Fsp3) is 0.727. The van der Waals surface area contributed by atoms with E-state index < -0.39 is 0 Å². The predicted octanol–water partition coefficient (Wildman–Crippen LogP) is 5.05. The predicted molar refractivity (Wildman–Crippen MR) is 119 cm³/mol. The normalized spacial score (nSPS) is 26.7. The van der Waals surface area contributed by atoms with E-state index in [0.717, 1.165) is 44.9 Å². The molecule has 0 radical (unpaired) electrons. The van der Waals surface area contributed by atoms with Gasteiger partial charge in [0, 0.05) is 31.4 Å². The van der Waals surface area contributed by atoms with Crippen LogP contribution in [0.1, 0.15) is 64.2 Å². The molecule has 1 unspecified atom stereocenters. The zero-order valence-electron chi connectivity index (χ0n) is 16.4. The van der Waals surface area contributed by atoms with Gasteiger partial charge in [-0.05, 0) is 44.2 Å². The van der Waals surface area contributed by atoms with Gasteiger partial charge in [0.15, 0.2) is 0 Å². The van der Waals surface area contributed by atoms with E-state index in [1.54, 1.807) is 0 Å². The van der Waals surface area contributed by atoms with E-state index in [0.29, 0.717) is 0 Å². The summed E-state index contributed by atoms with van der Waals surface area (Å²) < 4.78 is 0. The van der Waals surface area contributed by atoms with Gasteiger partial charge in [-0.1, -0.05) is 50.3 Å². The summed E-state index contributed by atoms with van der Waals surface area (Å²) in [5.74, 6) is 0. The number of anilines is 1. The van der Waals surface area contributed by atoms with Crippen LogP contribution in [0, 0.1) is 0 Å². The van der Waals surface area contributed by atoms with Crippen LogP contribution < -0.4 is 4.90 Å². The Morgan fingerprint density at radius 3 is 2.00 bits per heavy atom. The van der Waals surface area contributed by atoms with Crippen LogP contribution in [0.15, 0.2) is 30.3 Å². The monoisotopic (exact) mass is 414 g/mol. The molecule has 1 aromatic carbocycles. The molecular formula is C22H36Cl2N2O. The van der Waals surface area contributed by atoms with Gasteiger partial charge in [-0.15, -0.1) is 24.8 Å². The van der Waals surface area contributed by atoms with Crippen molar-refractivity contribution in [3.63, 3.8) is 0 Å². The van der Waals surface area contributed by atoms with Crippen molar-refractivity contribution in [3.8, 4) is 0 Å². The molecule has 3 nitrogen and oxygen atoms in total. The Morgan fingerprint density at radius 1 is 0.778 bits per heavy atom. The number of aliphatic hydroxyl groups is 1. The highest BCUT2D eigenvalue weighted by Gasteiger charge is 2.50. The number of aliphatic hydroxyl groups excluding tert-OH is 1. The number of nitrogens with zero attached hydrogens (tertiary/aromatic N) is 2. The van der Waals surface area contributed by atoms with Crippen LogP contribution in [0.4, 0.5) is 5.69 Å². The first kappa shape index (κ1) is 22.8. The number of hydrogen-bond acceptors (Lipinski definition) is 3. The Morgan fingerprint density at radius 2 is 1.37 bits per heavy atom. The Bertz CT molecular complexity index is 541. The molecule has 2 saturated heterocycles. The Balaban J connectivity index is 0.00000131. The number of rotatable bonds is 2. The van der Waals surface area contributed by atoms with Crippen molar-refractivity contribution in [2.75, 3.05) is 24.5 Å². The second-order valence-corrected chi connectivity index (χ2v) is 8.43. The molecule has 4 rings (SSSR count). The SMILES string of the molecule is Cl.Cl.OC1CCN(c2ccccc2)C12CCN(C1CCCCCCC1)CC2. The summed E-state index contributed by atoms with van der Waals surface area (Å²) in [6.07, 6.45) is 12.8. The standard InChI is InChI=1S/C22H34N2O.2ClH/c25-21-13-16-24(20-11-7-4-8-12-20)22(21)14-17-23(18-15-22)19-9-5-2-1-3-6-10-19;;/h4,7-8,11-12,19,21,25H,1-3,5-6,9-10,13-18H2;2*1H. The lowest BCUT2D eigenvalue weighted by Crippen LogP contribution is -2.58. The third-order valence-electron chi connectivity index (χ3n) is 7.11. The zero-order chi connectivity index (χ0) is 17.1. The van der Waals surface area contributed by atoms with E-state index in [1.807, 2.05) is 0 Å². The first-order valence-electron chi connectivity index (χ1n) is 10.5. The van der Waals surface area contributed by atoms with Gasteiger partial charge in [-0.2, -0.15) is 0 Å². The molecule has 3 fully saturated rings. The molecule has 1 N–H and O–H groups in total. The molecule has 0 aromatic heterocycles. The summed E-state index contributed by atoms with van der Waals surface area (Å²) in [4.78, 5) is 5.28. The van der Waals surface area contributed by atoms with Gasteiger partial charge in [-0.3, -0.25) is 0 Å². The maximum absolute atomic E-state index is 10.9. The Kier molecular flexibility index (Phi) is 8.73. The van der Waals surface area contributed by atoms with Crippen molar-refractivity contribution < 1.29 is 5.11 Å². The van der Waals surface area contributed by atoms with Crippen LogP contribution >= 0.6 is 24.8 Å². The number of benzene rings is 1. The van der Waals surface area contributed by atoms with E-state index in [1.165, 1.54) is 50.6 Å². The van der Waals surface area contributed by atoms with Crippen molar-refractivity contribution in [2.45, 2.75) is 81.9 Å². The van der Waals surface area contributed by atoms with Crippen LogP contribution in [0.25, 0.3) is 0 Å². The van der Waals surface area contributed by atoms with Crippen molar-refractivity contribution >= 4 is 30.5 Å². The summed E-state index contributed by atoms with van der Waals surface area (Å²) in [6, 6.07) is 11.5. The smallest absolute Gasteiger partial charge is 0.0789 e. The number of likely N-dealkylation sites (tertiary alicyclic amines) is 1. The van der Waals surface area contributed by atoms with Gasteiger partial charge in [-0.25, -0.2) is 0 Å². The van der Waals surface area contributed by atoms with Crippen molar-refractivity contribution in [3.05, 3.63) is 30.3 Å². The fourth-order valence-electron chi connectivity index (χ4n) is 5.60. The lowest BCUT2D eigenvalue weighted by Gasteiger charge is -2.49. The Hall–Kier alpha value is -0.480. The van der Waals surface area contributed by atoms with Gasteiger partial charge in [0.1, 0.15) is 0 Å². The van der Waals surface area contributed by atoms with Crippen LogP contribution in [-0.2, 0) is 0 Å². The van der Waals surface area contributed by atoms with E-state index in [2.05, 4.69) is 40.1 Å². The molecule has 0 bridgehead atoms. The number of para-hydroxylation sites is 1. The maximum atomic E-state index is 10.9. The number of hydrogen-bond donors (Lipinski definition) is 1. The van der Waals surface area contributed by atoms with Gasteiger partial charge in [0.25, 0.3) is 0 Å². The van der Waals surface area contributed by atoms with Gasteiger partial charge >= 0.3 is 0 Å². The fourth-order valence-corrected chi connectivity index (χ4v) is 5.60. The molecule has 1 saturated carbocycles. The van der Waals surface area contributed by atoms with E-state index in [-0.39, 0.29) is 36.5 Å². The van der Waals surface area contributed by atoms with Crippen LogP contribution in [-0.4, -0.2) is 47.3 Å². The third kappa shape index (κ3) is 4.75. The van der Waals surface area contributed by atoms with E-state index in [4.69, 9.17) is 0 Å². The van der Waals surface area contributed by atoms with Crippen molar-refractivity contribution in [1.29, 1.82) is 0 Å². The molecule has 27 heavy (non-hydrogen) atoms. The first-order chi connectivity index (χ1) is 12.3.